The lowest BCUT2D eigenvalue weighted by atomic mass is 10.1. The van der Waals surface area contributed by atoms with Crippen molar-refractivity contribution in [1.82, 2.24) is 19.8 Å². The van der Waals surface area contributed by atoms with E-state index in [-0.39, 0.29) is 11.8 Å². The Balaban J connectivity index is 1.82. The van der Waals surface area contributed by atoms with Gasteiger partial charge in [0.1, 0.15) is 10.8 Å². The van der Waals surface area contributed by atoms with Crippen molar-refractivity contribution in [1.29, 1.82) is 0 Å². The van der Waals surface area contributed by atoms with E-state index in [1.807, 2.05) is 19.1 Å². The molecule has 0 saturated heterocycles. The predicted octanol–water partition coefficient (Wildman–Crippen LogP) is 1.44. The Bertz CT molecular complexity index is 703. The number of aromatic nitrogens is 4. The monoisotopic (exact) mass is 275 g/mol. The fourth-order valence-corrected chi connectivity index (χ4v) is 2.74. The fraction of sp³-hybridized carbons (Fsp3) is 0.250. The van der Waals surface area contributed by atoms with Crippen molar-refractivity contribution in [2.45, 2.75) is 19.4 Å². The SMILES string of the molecule is Cc1nnc2sc(C(N)Cc3ccc(O)cc3)nn12. The number of phenolic OH excluding ortho intramolecular Hbond substituents is 1. The van der Waals surface area contributed by atoms with Gasteiger partial charge < -0.3 is 10.8 Å². The van der Waals surface area contributed by atoms with Crippen molar-refractivity contribution in [3.05, 3.63) is 40.7 Å². The van der Waals surface area contributed by atoms with E-state index >= 15 is 0 Å². The minimum absolute atomic E-state index is 0.185. The van der Waals surface area contributed by atoms with Crippen molar-refractivity contribution < 1.29 is 5.11 Å². The van der Waals surface area contributed by atoms with Crippen LogP contribution in [0, 0.1) is 6.92 Å². The molecule has 1 aromatic carbocycles. The lowest BCUT2D eigenvalue weighted by Crippen LogP contribution is -2.13. The van der Waals surface area contributed by atoms with Crippen LogP contribution in [0.2, 0.25) is 0 Å². The molecule has 2 aromatic heterocycles. The molecule has 19 heavy (non-hydrogen) atoms. The number of fused-ring (bicyclic) bond motifs is 1. The van der Waals surface area contributed by atoms with Gasteiger partial charge in [-0.05, 0) is 31.0 Å². The van der Waals surface area contributed by atoms with E-state index in [9.17, 15) is 5.11 Å². The van der Waals surface area contributed by atoms with Crippen LogP contribution in [-0.2, 0) is 6.42 Å². The molecule has 1 unspecified atom stereocenters. The summed E-state index contributed by atoms with van der Waals surface area (Å²) in [5, 5.41) is 22.5. The molecule has 7 heteroatoms. The third-order valence-electron chi connectivity index (χ3n) is 2.87. The van der Waals surface area contributed by atoms with Gasteiger partial charge in [-0.1, -0.05) is 23.5 Å². The number of phenols is 1. The first-order valence-corrected chi connectivity index (χ1v) is 6.67. The Hall–Kier alpha value is -1.99. The summed E-state index contributed by atoms with van der Waals surface area (Å²) in [6.45, 7) is 1.86. The van der Waals surface area contributed by atoms with E-state index in [4.69, 9.17) is 5.73 Å². The number of hydrogen-bond acceptors (Lipinski definition) is 6. The molecular formula is C12H13N5OS. The number of hydrogen-bond donors (Lipinski definition) is 2. The van der Waals surface area contributed by atoms with Gasteiger partial charge in [0.05, 0.1) is 6.04 Å². The zero-order valence-electron chi connectivity index (χ0n) is 10.3. The van der Waals surface area contributed by atoms with Gasteiger partial charge in [-0.3, -0.25) is 0 Å². The molecule has 6 nitrogen and oxygen atoms in total. The Labute approximate surface area is 113 Å². The molecule has 0 bridgehead atoms. The molecule has 1 atom stereocenters. The van der Waals surface area contributed by atoms with E-state index in [1.54, 1.807) is 16.6 Å². The number of aromatic hydroxyl groups is 1. The molecule has 0 radical (unpaired) electrons. The summed E-state index contributed by atoms with van der Waals surface area (Å²) in [4.78, 5) is 0.758. The first kappa shape index (κ1) is 12.1. The minimum atomic E-state index is -0.185. The van der Waals surface area contributed by atoms with Crippen LogP contribution in [0.1, 0.15) is 22.4 Å². The summed E-state index contributed by atoms with van der Waals surface area (Å²) >= 11 is 1.45. The van der Waals surface area contributed by atoms with Gasteiger partial charge >= 0.3 is 0 Å². The van der Waals surface area contributed by atoms with Crippen LogP contribution >= 0.6 is 11.3 Å². The number of nitrogens with two attached hydrogens (primary N) is 1. The lowest BCUT2D eigenvalue weighted by Gasteiger charge is -2.07. The number of benzene rings is 1. The number of rotatable bonds is 3. The maximum Gasteiger partial charge on any atom is 0.234 e. The van der Waals surface area contributed by atoms with Gasteiger partial charge in [0, 0.05) is 0 Å². The molecule has 0 saturated carbocycles. The summed E-state index contributed by atoms with van der Waals surface area (Å²) in [6.07, 6.45) is 0.670. The van der Waals surface area contributed by atoms with Crippen LogP contribution in [0.5, 0.6) is 5.75 Å². The summed E-state index contributed by atoms with van der Waals surface area (Å²) in [5.74, 6) is 1.01. The van der Waals surface area contributed by atoms with Crippen LogP contribution in [0.3, 0.4) is 0 Å². The zero-order valence-corrected chi connectivity index (χ0v) is 11.1. The van der Waals surface area contributed by atoms with Gasteiger partial charge in [-0.15, -0.1) is 10.2 Å². The summed E-state index contributed by atoms with van der Waals surface area (Å²) in [5.41, 5.74) is 7.23. The summed E-state index contributed by atoms with van der Waals surface area (Å²) < 4.78 is 1.71. The predicted molar refractivity (Wildman–Crippen MR) is 72.1 cm³/mol. The Morgan fingerprint density at radius 2 is 2.05 bits per heavy atom. The average molecular weight is 275 g/mol. The van der Waals surface area contributed by atoms with Crippen molar-refractivity contribution in [2.75, 3.05) is 0 Å². The van der Waals surface area contributed by atoms with Crippen molar-refractivity contribution in [3.63, 3.8) is 0 Å². The highest BCUT2D eigenvalue weighted by Crippen LogP contribution is 2.22. The van der Waals surface area contributed by atoms with Crippen LogP contribution in [0.25, 0.3) is 4.96 Å². The van der Waals surface area contributed by atoms with Crippen LogP contribution in [0.4, 0.5) is 0 Å². The van der Waals surface area contributed by atoms with Crippen molar-refractivity contribution in [3.8, 4) is 5.75 Å². The maximum absolute atomic E-state index is 9.25. The van der Waals surface area contributed by atoms with Gasteiger partial charge in [-0.25, -0.2) is 0 Å². The van der Waals surface area contributed by atoms with Gasteiger partial charge in [0.15, 0.2) is 5.82 Å². The van der Waals surface area contributed by atoms with E-state index in [0.717, 1.165) is 21.4 Å². The quantitative estimate of drug-likeness (QED) is 0.755. The smallest absolute Gasteiger partial charge is 0.234 e. The molecule has 3 rings (SSSR count). The molecule has 0 aliphatic rings. The standard InChI is InChI=1S/C12H13N5OS/c1-7-14-15-12-17(7)16-11(19-12)10(13)6-8-2-4-9(18)5-3-8/h2-5,10,18H,6,13H2,1H3. The fourth-order valence-electron chi connectivity index (χ4n) is 1.85. The topological polar surface area (TPSA) is 89.3 Å². The molecule has 2 heterocycles. The van der Waals surface area contributed by atoms with Gasteiger partial charge in [0.25, 0.3) is 0 Å². The molecule has 0 aliphatic carbocycles. The second-order valence-corrected chi connectivity index (χ2v) is 5.35. The lowest BCUT2D eigenvalue weighted by molar-refractivity contribution is 0.475. The minimum Gasteiger partial charge on any atom is -0.508 e. The summed E-state index contributed by atoms with van der Waals surface area (Å²) in [7, 11) is 0. The third-order valence-corrected chi connectivity index (χ3v) is 3.90. The maximum atomic E-state index is 9.25. The van der Waals surface area contributed by atoms with Crippen molar-refractivity contribution >= 4 is 16.3 Å². The third kappa shape index (κ3) is 2.29. The van der Waals surface area contributed by atoms with E-state index in [2.05, 4.69) is 15.3 Å². The Morgan fingerprint density at radius 3 is 2.74 bits per heavy atom. The van der Waals surface area contributed by atoms with E-state index in [1.165, 1.54) is 11.3 Å². The number of aryl methyl sites for hydroxylation is 1. The molecule has 98 valence electrons. The molecule has 3 N–H and O–H groups in total. The van der Waals surface area contributed by atoms with Gasteiger partial charge in [0.2, 0.25) is 4.96 Å². The van der Waals surface area contributed by atoms with E-state index < -0.39 is 0 Å². The first-order valence-electron chi connectivity index (χ1n) is 5.86. The highest BCUT2D eigenvalue weighted by molar-refractivity contribution is 7.16. The molecule has 0 aliphatic heterocycles. The molecular weight excluding hydrogens is 262 g/mol. The van der Waals surface area contributed by atoms with Crippen LogP contribution < -0.4 is 5.73 Å². The molecule has 0 spiro atoms. The Morgan fingerprint density at radius 1 is 1.32 bits per heavy atom. The molecule has 3 aromatic rings. The summed E-state index contributed by atoms with van der Waals surface area (Å²) in [6, 6.07) is 6.85. The molecule has 0 amide bonds. The highest BCUT2D eigenvalue weighted by atomic mass is 32.1. The van der Waals surface area contributed by atoms with Crippen molar-refractivity contribution in [2.24, 2.45) is 5.73 Å². The van der Waals surface area contributed by atoms with Gasteiger partial charge in [-0.2, -0.15) is 9.61 Å². The van der Waals surface area contributed by atoms with Crippen LogP contribution in [-0.4, -0.2) is 24.9 Å². The second kappa shape index (κ2) is 4.60. The van der Waals surface area contributed by atoms with E-state index in [0.29, 0.717) is 6.42 Å². The average Bonchev–Trinajstić information content (AvgIpc) is 2.95. The largest absolute Gasteiger partial charge is 0.508 e. The number of nitrogens with zero attached hydrogens (tertiary/aromatic N) is 4. The molecule has 0 fully saturated rings. The Kier molecular flexibility index (Phi) is 2.92. The highest BCUT2D eigenvalue weighted by Gasteiger charge is 2.15. The van der Waals surface area contributed by atoms with Crippen LogP contribution in [0.15, 0.2) is 24.3 Å². The first-order chi connectivity index (χ1) is 9.13. The second-order valence-electron chi connectivity index (χ2n) is 4.36. The zero-order chi connectivity index (χ0) is 13.4. The normalized spacial score (nSPS) is 12.9.